The molecule has 1 aromatic carbocycles. The van der Waals surface area contributed by atoms with E-state index in [1.165, 1.54) is 0 Å². The molecule has 0 aliphatic heterocycles. The summed E-state index contributed by atoms with van der Waals surface area (Å²) in [5.74, 6) is 0.368. The van der Waals surface area contributed by atoms with Crippen molar-refractivity contribution in [2.24, 2.45) is 0 Å². The minimum absolute atomic E-state index is 0.167. The molecule has 0 fully saturated rings. The Morgan fingerprint density at radius 1 is 1.44 bits per heavy atom. The van der Waals surface area contributed by atoms with Crippen LogP contribution in [0.25, 0.3) is 11.3 Å². The Morgan fingerprint density at radius 2 is 2.19 bits per heavy atom. The summed E-state index contributed by atoms with van der Waals surface area (Å²) >= 11 is 5.96. The summed E-state index contributed by atoms with van der Waals surface area (Å²) in [6.45, 7) is 1.94. The van der Waals surface area contributed by atoms with Crippen molar-refractivity contribution in [2.45, 2.75) is 13.3 Å². The van der Waals surface area contributed by atoms with Crippen LogP contribution >= 0.6 is 11.6 Å². The molecule has 0 radical (unpaired) electrons. The molecule has 1 heterocycles. The molecule has 16 heavy (non-hydrogen) atoms. The van der Waals surface area contributed by atoms with Crippen LogP contribution in [-0.4, -0.2) is 10.3 Å². The van der Waals surface area contributed by atoms with E-state index in [0.29, 0.717) is 22.7 Å². The average Bonchev–Trinajstić information content (AvgIpc) is 2.67. The van der Waals surface area contributed by atoms with Crippen LogP contribution in [-0.2, 0) is 6.42 Å². The first-order valence-corrected chi connectivity index (χ1v) is 5.23. The fraction of sp³-hybridized carbons (Fsp3) is 0.182. The maximum atomic E-state index is 9.99. The van der Waals surface area contributed by atoms with Crippen molar-refractivity contribution in [3.8, 4) is 17.0 Å². The van der Waals surface area contributed by atoms with Gasteiger partial charge < -0.3 is 15.4 Å². The number of aryl methyl sites for hydroxylation is 1. The summed E-state index contributed by atoms with van der Waals surface area (Å²) in [6.07, 6.45) is 0.687. The molecule has 2 aromatic rings. The molecule has 0 atom stereocenters. The third-order valence-electron chi connectivity index (χ3n) is 2.34. The van der Waals surface area contributed by atoms with Crippen molar-refractivity contribution in [3.63, 3.8) is 0 Å². The fourth-order valence-electron chi connectivity index (χ4n) is 1.54. The summed E-state index contributed by atoms with van der Waals surface area (Å²) in [7, 11) is 0. The Bertz CT molecular complexity index is 523. The first kappa shape index (κ1) is 10.8. The standard InChI is InChI=1S/C11H11ClN2O2/c1-2-6-3-7(12)4-8(11(6)15)9-5-10(13)16-14-9/h3-5,15H,2,13H2,1H3. The topological polar surface area (TPSA) is 72.3 Å². The number of phenols is 1. The SMILES string of the molecule is CCc1cc(Cl)cc(-c2cc(N)on2)c1O. The summed E-state index contributed by atoms with van der Waals surface area (Å²) in [4.78, 5) is 0. The van der Waals surface area contributed by atoms with Crippen molar-refractivity contribution in [1.29, 1.82) is 0 Å². The van der Waals surface area contributed by atoms with Gasteiger partial charge in [0.1, 0.15) is 11.4 Å². The van der Waals surface area contributed by atoms with Gasteiger partial charge in [-0.15, -0.1) is 0 Å². The highest BCUT2D eigenvalue weighted by Crippen LogP contribution is 2.35. The van der Waals surface area contributed by atoms with Gasteiger partial charge in [-0.1, -0.05) is 23.7 Å². The van der Waals surface area contributed by atoms with Crippen molar-refractivity contribution >= 4 is 17.5 Å². The molecule has 0 bridgehead atoms. The molecule has 0 saturated carbocycles. The van der Waals surface area contributed by atoms with Gasteiger partial charge in [-0.3, -0.25) is 0 Å². The number of hydrogen-bond donors (Lipinski definition) is 2. The van der Waals surface area contributed by atoms with E-state index in [4.69, 9.17) is 21.9 Å². The van der Waals surface area contributed by atoms with Gasteiger partial charge in [0.05, 0.1) is 0 Å². The molecule has 0 unspecified atom stereocenters. The molecule has 0 aliphatic rings. The molecular formula is C11H11ClN2O2. The quantitative estimate of drug-likeness (QED) is 0.844. The minimum atomic E-state index is 0.167. The summed E-state index contributed by atoms with van der Waals surface area (Å²) in [5.41, 5.74) is 7.21. The Kier molecular flexibility index (Phi) is 2.75. The lowest BCUT2D eigenvalue weighted by atomic mass is 10.0. The monoisotopic (exact) mass is 238 g/mol. The summed E-state index contributed by atoms with van der Waals surface area (Å²) in [6, 6.07) is 4.90. The van der Waals surface area contributed by atoms with E-state index in [-0.39, 0.29) is 11.6 Å². The van der Waals surface area contributed by atoms with E-state index >= 15 is 0 Å². The molecule has 1 aromatic heterocycles. The zero-order chi connectivity index (χ0) is 11.7. The molecule has 84 valence electrons. The van der Waals surface area contributed by atoms with Crippen molar-refractivity contribution in [2.75, 3.05) is 5.73 Å². The third kappa shape index (κ3) is 1.84. The molecule has 0 spiro atoms. The Balaban J connectivity index is 2.60. The van der Waals surface area contributed by atoms with E-state index in [1.807, 2.05) is 6.92 Å². The van der Waals surface area contributed by atoms with Crippen LogP contribution in [0.5, 0.6) is 5.75 Å². The Hall–Kier alpha value is -1.68. The average molecular weight is 239 g/mol. The second kappa shape index (κ2) is 4.06. The van der Waals surface area contributed by atoms with Gasteiger partial charge >= 0.3 is 0 Å². The molecule has 2 rings (SSSR count). The summed E-state index contributed by atoms with van der Waals surface area (Å²) < 4.78 is 4.76. The number of halogens is 1. The van der Waals surface area contributed by atoms with Gasteiger partial charge in [-0.2, -0.15) is 0 Å². The lowest BCUT2D eigenvalue weighted by molar-refractivity contribution is 0.437. The first-order chi connectivity index (χ1) is 7.61. The number of nitrogens with zero attached hydrogens (tertiary/aromatic N) is 1. The predicted molar refractivity (Wildman–Crippen MR) is 62.4 cm³/mol. The smallest absolute Gasteiger partial charge is 0.222 e. The lowest BCUT2D eigenvalue weighted by Crippen LogP contribution is -1.87. The van der Waals surface area contributed by atoms with Crippen LogP contribution in [0.1, 0.15) is 12.5 Å². The number of aromatic nitrogens is 1. The van der Waals surface area contributed by atoms with Gasteiger partial charge in [0.15, 0.2) is 0 Å². The zero-order valence-electron chi connectivity index (χ0n) is 8.70. The largest absolute Gasteiger partial charge is 0.507 e. The molecule has 4 nitrogen and oxygen atoms in total. The minimum Gasteiger partial charge on any atom is -0.507 e. The second-order valence-corrected chi connectivity index (χ2v) is 3.87. The molecule has 0 aliphatic carbocycles. The van der Waals surface area contributed by atoms with Crippen LogP contribution in [0.3, 0.4) is 0 Å². The summed E-state index contributed by atoms with van der Waals surface area (Å²) in [5, 5.41) is 14.3. The van der Waals surface area contributed by atoms with Gasteiger partial charge in [0.25, 0.3) is 0 Å². The Morgan fingerprint density at radius 3 is 2.75 bits per heavy atom. The second-order valence-electron chi connectivity index (χ2n) is 3.43. The lowest BCUT2D eigenvalue weighted by Gasteiger charge is -2.06. The van der Waals surface area contributed by atoms with E-state index in [2.05, 4.69) is 5.16 Å². The van der Waals surface area contributed by atoms with Crippen LogP contribution < -0.4 is 5.73 Å². The molecular weight excluding hydrogens is 228 g/mol. The van der Waals surface area contributed by atoms with E-state index in [9.17, 15) is 5.11 Å². The Labute approximate surface area is 97.6 Å². The maximum absolute atomic E-state index is 9.99. The highest BCUT2D eigenvalue weighted by molar-refractivity contribution is 6.31. The fourth-order valence-corrected chi connectivity index (χ4v) is 1.78. The number of phenolic OH excluding ortho intramolecular Hbond substituents is 1. The van der Waals surface area contributed by atoms with Crippen LogP contribution in [0, 0.1) is 0 Å². The van der Waals surface area contributed by atoms with E-state index in [1.54, 1.807) is 18.2 Å². The van der Waals surface area contributed by atoms with Gasteiger partial charge in [0.2, 0.25) is 5.88 Å². The molecule has 5 heteroatoms. The predicted octanol–water partition coefficient (Wildman–Crippen LogP) is 2.85. The number of benzene rings is 1. The molecule has 0 amide bonds. The van der Waals surface area contributed by atoms with Crippen molar-refractivity contribution < 1.29 is 9.63 Å². The number of hydrogen-bond acceptors (Lipinski definition) is 4. The number of rotatable bonds is 2. The molecule has 3 N–H and O–H groups in total. The highest BCUT2D eigenvalue weighted by atomic mass is 35.5. The number of nitrogen functional groups attached to an aromatic ring is 1. The molecule has 0 saturated heterocycles. The van der Waals surface area contributed by atoms with Gasteiger partial charge in [-0.05, 0) is 24.1 Å². The van der Waals surface area contributed by atoms with E-state index < -0.39 is 0 Å². The van der Waals surface area contributed by atoms with Crippen LogP contribution in [0.4, 0.5) is 5.88 Å². The maximum Gasteiger partial charge on any atom is 0.222 e. The van der Waals surface area contributed by atoms with E-state index in [0.717, 1.165) is 5.56 Å². The first-order valence-electron chi connectivity index (χ1n) is 4.85. The van der Waals surface area contributed by atoms with Crippen LogP contribution in [0.2, 0.25) is 5.02 Å². The highest BCUT2D eigenvalue weighted by Gasteiger charge is 2.13. The van der Waals surface area contributed by atoms with Crippen molar-refractivity contribution in [3.05, 3.63) is 28.8 Å². The van der Waals surface area contributed by atoms with Crippen molar-refractivity contribution in [1.82, 2.24) is 5.16 Å². The normalized spacial score (nSPS) is 10.6. The number of anilines is 1. The van der Waals surface area contributed by atoms with Crippen LogP contribution in [0.15, 0.2) is 22.7 Å². The number of nitrogens with two attached hydrogens (primary N) is 1. The third-order valence-corrected chi connectivity index (χ3v) is 2.56. The zero-order valence-corrected chi connectivity index (χ0v) is 9.45. The van der Waals surface area contributed by atoms with Gasteiger partial charge in [-0.25, -0.2) is 0 Å². The van der Waals surface area contributed by atoms with Gasteiger partial charge in [0, 0.05) is 16.7 Å². The number of aromatic hydroxyl groups is 1.